The molecule has 1 aliphatic heterocycles. The van der Waals surface area contributed by atoms with E-state index in [9.17, 15) is 4.79 Å². The van der Waals surface area contributed by atoms with Crippen molar-refractivity contribution < 1.29 is 18.3 Å². The van der Waals surface area contributed by atoms with E-state index in [1.54, 1.807) is 30.5 Å². The van der Waals surface area contributed by atoms with Crippen LogP contribution in [-0.4, -0.2) is 22.5 Å². The third kappa shape index (κ3) is 3.81. The summed E-state index contributed by atoms with van der Waals surface area (Å²) in [5, 5.41) is 3.50. The van der Waals surface area contributed by atoms with Crippen LogP contribution in [0.4, 0.5) is 8.78 Å². The minimum Gasteiger partial charge on any atom is -0.461 e. The summed E-state index contributed by atoms with van der Waals surface area (Å²) < 4.78 is 36.8. The predicted molar refractivity (Wildman–Crippen MR) is 142 cm³/mol. The molecule has 2 heterocycles. The number of hydrogen-bond acceptors (Lipinski definition) is 4. The molecule has 38 heavy (non-hydrogen) atoms. The second kappa shape index (κ2) is 8.58. The SMILES string of the molecule is O=C(OCc1ccccc1)C1CC12CNC(c1ncc(-c3ccc4c(c3)C(F)(F)c3cc(Br)ccc3-4)[nH]1)C2. The lowest BCUT2D eigenvalue weighted by molar-refractivity contribution is -0.147. The lowest BCUT2D eigenvalue weighted by Gasteiger charge is -2.13. The molecule has 8 heteroatoms. The van der Waals surface area contributed by atoms with Crippen molar-refractivity contribution in [3.05, 3.63) is 99.9 Å². The summed E-state index contributed by atoms with van der Waals surface area (Å²) in [5.74, 6) is -2.58. The quantitative estimate of drug-likeness (QED) is 0.258. The van der Waals surface area contributed by atoms with Crippen molar-refractivity contribution in [2.75, 3.05) is 6.54 Å². The van der Waals surface area contributed by atoms with Crippen LogP contribution in [-0.2, 0) is 22.1 Å². The molecule has 192 valence electrons. The molecule has 0 bridgehead atoms. The zero-order valence-corrected chi connectivity index (χ0v) is 21.9. The van der Waals surface area contributed by atoms with Gasteiger partial charge in [-0.15, -0.1) is 0 Å². The normalized spacial score (nSPS) is 24.3. The first-order valence-electron chi connectivity index (χ1n) is 12.7. The van der Waals surface area contributed by atoms with Gasteiger partial charge in [0.05, 0.1) is 23.9 Å². The Hall–Kier alpha value is -3.36. The second-order valence-corrected chi connectivity index (χ2v) is 11.5. The first-order chi connectivity index (χ1) is 18.3. The smallest absolute Gasteiger partial charge is 0.309 e. The van der Waals surface area contributed by atoms with Gasteiger partial charge in [-0.05, 0) is 53.1 Å². The number of carbonyl (C=O) groups excluding carboxylic acids is 1. The zero-order valence-electron chi connectivity index (χ0n) is 20.3. The molecule has 1 spiro atoms. The maximum Gasteiger partial charge on any atom is 0.309 e. The van der Waals surface area contributed by atoms with Gasteiger partial charge in [0.25, 0.3) is 5.92 Å². The van der Waals surface area contributed by atoms with Crippen LogP contribution in [0, 0.1) is 11.3 Å². The van der Waals surface area contributed by atoms with E-state index in [-0.39, 0.29) is 41.1 Å². The fourth-order valence-electron chi connectivity index (χ4n) is 6.02. The summed E-state index contributed by atoms with van der Waals surface area (Å²) in [6.07, 6.45) is 3.27. The molecule has 0 radical (unpaired) electrons. The molecule has 7 rings (SSSR count). The van der Waals surface area contributed by atoms with Gasteiger partial charge in [0, 0.05) is 27.7 Å². The third-order valence-electron chi connectivity index (χ3n) is 8.21. The minimum atomic E-state index is -3.07. The Morgan fingerprint density at radius 2 is 1.79 bits per heavy atom. The van der Waals surface area contributed by atoms with Crippen LogP contribution in [0.3, 0.4) is 0 Å². The third-order valence-corrected chi connectivity index (χ3v) is 8.71. The van der Waals surface area contributed by atoms with Gasteiger partial charge in [0.1, 0.15) is 12.4 Å². The largest absolute Gasteiger partial charge is 0.461 e. The van der Waals surface area contributed by atoms with Gasteiger partial charge in [-0.25, -0.2) is 4.98 Å². The summed E-state index contributed by atoms with van der Waals surface area (Å²) >= 11 is 3.31. The van der Waals surface area contributed by atoms with Crippen molar-refractivity contribution in [1.82, 2.24) is 15.3 Å². The molecule has 1 saturated heterocycles. The molecule has 3 unspecified atom stereocenters. The van der Waals surface area contributed by atoms with Crippen LogP contribution in [0.25, 0.3) is 22.4 Å². The average molecular weight is 576 g/mol. The first-order valence-corrected chi connectivity index (χ1v) is 13.5. The van der Waals surface area contributed by atoms with Gasteiger partial charge in [0.2, 0.25) is 0 Å². The average Bonchev–Trinajstić information content (AvgIpc) is 3.21. The van der Waals surface area contributed by atoms with Crippen molar-refractivity contribution in [2.24, 2.45) is 11.3 Å². The van der Waals surface area contributed by atoms with Gasteiger partial charge in [0.15, 0.2) is 0 Å². The van der Waals surface area contributed by atoms with Gasteiger partial charge in [-0.3, -0.25) is 4.79 Å². The lowest BCUT2D eigenvalue weighted by Crippen LogP contribution is -2.17. The fourth-order valence-corrected chi connectivity index (χ4v) is 6.39. The molecule has 3 aromatic carbocycles. The Morgan fingerprint density at radius 3 is 2.61 bits per heavy atom. The Kier molecular flexibility index (Phi) is 5.36. The number of carbonyl (C=O) groups is 1. The monoisotopic (exact) mass is 575 g/mol. The highest BCUT2D eigenvalue weighted by atomic mass is 79.9. The van der Waals surface area contributed by atoms with E-state index >= 15 is 8.78 Å². The number of nitrogens with one attached hydrogen (secondary N) is 2. The number of esters is 1. The highest BCUT2D eigenvalue weighted by Crippen LogP contribution is 2.60. The summed E-state index contributed by atoms with van der Waals surface area (Å²) in [5.41, 5.74) is 3.36. The molecule has 2 N–H and O–H groups in total. The number of imidazole rings is 1. The van der Waals surface area contributed by atoms with E-state index in [1.165, 1.54) is 6.07 Å². The fraction of sp³-hybridized carbons (Fsp3) is 0.267. The van der Waals surface area contributed by atoms with Gasteiger partial charge in [-0.2, -0.15) is 8.78 Å². The molecule has 2 aliphatic carbocycles. The maximum absolute atomic E-state index is 15.3. The first kappa shape index (κ1) is 23.7. The summed E-state index contributed by atoms with van der Waals surface area (Å²) in [6, 6.07) is 19.8. The van der Waals surface area contributed by atoms with Gasteiger partial charge in [-0.1, -0.05) is 64.5 Å². The molecule has 3 aliphatic rings. The van der Waals surface area contributed by atoms with E-state index in [2.05, 4.69) is 31.2 Å². The van der Waals surface area contributed by atoms with Crippen LogP contribution in [0.5, 0.6) is 0 Å². The van der Waals surface area contributed by atoms with Crippen molar-refractivity contribution in [2.45, 2.75) is 31.4 Å². The molecule has 2 fully saturated rings. The highest BCUT2D eigenvalue weighted by molar-refractivity contribution is 9.10. The van der Waals surface area contributed by atoms with Crippen molar-refractivity contribution in [1.29, 1.82) is 0 Å². The second-order valence-electron chi connectivity index (χ2n) is 10.6. The van der Waals surface area contributed by atoms with Crippen LogP contribution in [0.2, 0.25) is 0 Å². The molecular formula is C30H24BrF2N3O2. The van der Waals surface area contributed by atoms with Crippen LogP contribution in [0.15, 0.2) is 77.4 Å². The van der Waals surface area contributed by atoms with Gasteiger partial charge >= 0.3 is 5.97 Å². The number of H-pyrrole nitrogens is 1. The molecule has 0 amide bonds. The molecular weight excluding hydrogens is 552 g/mol. The van der Waals surface area contributed by atoms with Crippen molar-refractivity contribution in [3.63, 3.8) is 0 Å². The Labute approximate surface area is 226 Å². The van der Waals surface area contributed by atoms with E-state index in [0.717, 1.165) is 30.8 Å². The number of aromatic nitrogens is 2. The van der Waals surface area contributed by atoms with E-state index in [0.29, 0.717) is 26.9 Å². The molecule has 3 atom stereocenters. The van der Waals surface area contributed by atoms with Crippen LogP contribution in [0.1, 0.15) is 41.4 Å². The Balaban J connectivity index is 1.05. The zero-order chi connectivity index (χ0) is 26.1. The lowest BCUT2D eigenvalue weighted by atomic mass is 9.99. The van der Waals surface area contributed by atoms with Crippen molar-refractivity contribution in [3.8, 4) is 22.4 Å². The Bertz CT molecular complexity index is 1570. The number of fused-ring (bicyclic) bond motifs is 3. The minimum absolute atomic E-state index is 0.00651. The predicted octanol–water partition coefficient (Wildman–Crippen LogP) is 6.74. The summed E-state index contributed by atoms with van der Waals surface area (Å²) in [7, 11) is 0. The number of rotatable bonds is 5. The maximum atomic E-state index is 15.3. The standard InChI is InChI=1S/C30H24BrF2N3O2/c31-19-7-9-21-20-8-6-18(10-22(20)30(32,33)23(21)11-19)26-14-34-27(36-26)25-13-29(16-35-25)12-24(29)28(37)38-15-17-4-2-1-3-5-17/h1-11,14,24-25,35H,12-13,15-16H2,(H,34,36). The molecule has 4 aromatic rings. The molecule has 5 nitrogen and oxygen atoms in total. The van der Waals surface area contributed by atoms with E-state index in [1.807, 2.05) is 36.4 Å². The number of aromatic amines is 1. The van der Waals surface area contributed by atoms with E-state index in [4.69, 9.17) is 4.74 Å². The van der Waals surface area contributed by atoms with E-state index < -0.39 is 5.92 Å². The molecule has 1 saturated carbocycles. The summed E-state index contributed by atoms with van der Waals surface area (Å²) in [4.78, 5) is 20.6. The number of alkyl halides is 2. The van der Waals surface area contributed by atoms with Crippen LogP contribution >= 0.6 is 15.9 Å². The van der Waals surface area contributed by atoms with Gasteiger partial charge < -0.3 is 15.0 Å². The van der Waals surface area contributed by atoms with Crippen molar-refractivity contribution >= 4 is 21.9 Å². The Morgan fingerprint density at radius 1 is 1.03 bits per heavy atom. The number of benzene rings is 3. The summed E-state index contributed by atoms with van der Waals surface area (Å²) in [6.45, 7) is 1.00. The number of ether oxygens (including phenoxy) is 1. The topological polar surface area (TPSA) is 67.0 Å². The molecule has 1 aromatic heterocycles. The van der Waals surface area contributed by atoms with Crippen LogP contribution < -0.4 is 5.32 Å². The highest BCUT2D eigenvalue weighted by Gasteiger charge is 2.62. The number of hydrogen-bond donors (Lipinski definition) is 2. The number of halogens is 3. The number of nitrogens with zero attached hydrogens (tertiary/aromatic N) is 1.